The van der Waals surface area contributed by atoms with Gasteiger partial charge in [0.15, 0.2) is 0 Å². The van der Waals surface area contributed by atoms with E-state index in [1.54, 1.807) is 0 Å². The normalized spacial score (nSPS) is 14.0. The van der Waals surface area contributed by atoms with Crippen molar-refractivity contribution in [3.8, 4) is 0 Å². The molecule has 0 saturated heterocycles. The number of nitrogens with one attached hydrogen (secondary N) is 2. The van der Waals surface area contributed by atoms with Crippen LogP contribution in [0.5, 0.6) is 0 Å². The van der Waals surface area contributed by atoms with Gasteiger partial charge in [0, 0.05) is 30.8 Å². The molecule has 0 aliphatic heterocycles. The number of aromatic nitrogens is 2. The molecule has 3 rings (SSSR count). The number of hydrogen-bond acceptors (Lipinski definition) is 4. The van der Waals surface area contributed by atoms with E-state index in [0.29, 0.717) is 11.8 Å². The molecule has 0 unspecified atom stereocenters. The Labute approximate surface area is 183 Å². The van der Waals surface area contributed by atoms with Gasteiger partial charge in [-0.1, -0.05) is 53.2 Å². The lowest BCUT2D eigenvalue weighted by Gasteiger charge is -2.08. The van der Waals surface area contributed by atoms with Crippen molar-refractivity contribution >= 4 is 5.65 Å². The zero-order chi connectivity index (χ0) is 22.5. The molecule has 1 aliphatic carbocycles. The highest BCUT2D eigenvalue weighted by molar-refractivity contribution is 5.41. The molecule has 2 aromatic heterocycles. The van der Waals surface area contributed by atoms with Crippen LogP contribution in [-0.4, -0.2) is 28.3 Å². The van der Waals surface area contributed by atoms with E-state index in [2.05, 4.69) is 98.2 Å². The number of fused-ring (bicyclic) bond motifs is 1. The van der Waals surface area contributed by atoms with Crippen molar-refractivity contribution in [1.29, 1.82) is 0 Å². The molecule has 3 N–H and O–H groups in total. The highest BCUT2D eigenvalue weighted by Crippen LogP contribution is 2.35. The zero-order valence-electron chi connectivity index (χ0n) is 20.0. The Balaban J connectivity index is 0.000000266. The first-order chi connectivity index (χ1) is 14.4. The molecule has 5 heteroatoms. The third kappa shape index (κ3) is 9.04. The monoisotopic (exact) mass is 414 g/mol. The number of aliphatic hydroxyl groups excluding tert-OH is 1. The molecule has 2 heterocycles. The second kappa shape index (κ2) is 13.9. The van der Waals surface area contributed by atoms with Gasteiger partial charge in [0.1, 0.15) is 12.4 Å². The predicted molar refractivity (Wildman–Crippen MR) is 128 cm³/mol. The molecule has 0 bridgehead atoms. The van der Waals surface area contributed by atoms with Crippen LogP contribution < -0.4 is 10.6 Å². The molecular weight excluding hydrogens is 372 g/mol. The molecule has 0 amide bonds. The highest BCUT2D eigenvalue weighted by Gasteiger charge is 2.25. The molecule has 1 fully saturated rings. The summed E-state index contributed by atoms with van der Waals surface area (Å²) < 4.78 is 2.09. The van der Waals surface area contributed by atoms with Gasteiger partial charge in [-0.15, -0.1) is 0 Å². The van der Waals surface area contributed by atoms with Gasteiger partial charge in [-0.3, -0.25) is 0 Å². The van der Waals surface area contributed by atoms with Crippen molar-refractivity contribution in [2.45, 2.75) is 73.1 Å². The van der Waals surface area contributed by atoms with Gasteiger partial charge in [-0.25, -0.2) is 4.98 Å². The Morgan fingerprint density at radius 1 is 1.23 bits per heavy atom. The molecule has 1 aliphatic rings. The molecular formula is C25H42N4O. The number of aliphatic hydroxyl groups is 1. The van der Waals surface area contributed by atoms with E-state index in [0.717, 1.165) is 23.5 Å². The SMILES string of the molecule is CC/C=C(/C=C(\NC)C1CC1)NCO.CCC.Cc1ccc2nc(C(C)C)cn2c1. The number of imidazole rings is 1. The van der Waals surface area contributed by atoms with Crippen molar-refractivity contribution in [3.63, 3.8) is 0 Å². The van der Waals surface area contributed by atoms with E-state index in [-0.39, 0.29) is 6.73 Å². The predicted octanol–water partition coefficient (Wildman–Crippen LogP) is 5.52. The number of nitrogens with zero attached hydrogens (tertiary/aromatic N) is 2. The summed E-state index contributed by atoms with van der Waals surface area (Å²) in [4.78, 5) is 4.52. The summed E-state index contributed by atoms with van der Waals surface area (Å²) in [6, 6.07) is 4.15. The Hall–Kier alpha value is -2.27. The van der Waals surface area contributed by atoms with E-state index >= 15 is 0 Å². The summed E-state index contributed by atoms with van der Waals surface area (Å²) >= 11 is 0. The van der Waals surface area contributed by atoms with Gasteiger partial charge in [-0.05, 0) is 55.7 Å². The van der Waals surface area contributed by atoms with Gasteiger partial charge < -0.3 is 20.1 Å². The highest BCUT2D eigenvalue weighted by atomic mass is 16.3. The third-order valence-corrected chi connectivity index (χ3v) is 4.53. The largest absolute Gasteiger partial charge is 0.391 e. The van der Waals surface area contributed by atoms with Gasteiger partial charge in [-0.2, -0.15) is 0 Å². The molecule has 1 saturated carbocycles. The molecule has 0 atom stereocenters. The molecule has 30 heavy (non-hydrogen) atoms. The van der Waals surface area contributed by atoms with Crippen LogP contribution in [0.1, 0.15) is 77.5 Å². The maximum Gasteiger partial charge on any atom is 0.136 e. The van der Waals surface area contributed by atoms with E-state index in [1.165, 1.54) is 30.5 Å². The number of pyridine rings is 1. The summed E-state index contributed by atoms with van der Waals surface area (Å²) in [7, 11) is 1.95. The van der Waals surface area contributed by atoms with Crippen LogP contribution in [-0.2, 0) is 0 Å². The van der Waals surface area contributed by atoms with Crippen molar-refractivity contribution in [1.82, 2.24) is 20.0 Å². The lowest BCUT2D eigenvalue weighted by atomic mass is 10.2. The first kappa shape index (κ1) is 25.8. The van der Waals surface area contributed by atoms with Crippen LogP contribution >= 0.6 is 0 Å². The smallest absolute Gasteiger partial charge is 0.136 e. The van der Waals surface area contributed by atoms with Gasteiger partial charge in [0.25, 0.3) is 0 Å². The van der Waals surface area contributed by atoms with E-state index in [9.17, 15) is 0 Å². The topological polar surface area (TPSA) is 61.6 Å². The van der Waals surface area contributed by atoms with Crippen LogP contribution in [0.2, 0.25) is 0 Å². The van der Waals surface area contributed by atoms with Crippen molar-refractivity contribution in [2.75, 3.05) is 13.8 Å². The van der Waals surface area contributed by atoms with Crippen LogP contribution in [0.4, 0.5) is 0 Å². The fourth-order valence-corrected chi connectivity index (χ4v) is 2.85. The Morgan fingerprint density at radius 3 is 2.40 bits per heavy atom. The van der Waals surface area contributed by atoms with Crippen molar-refractivity contribution < 1.29 is 5.11 Å². The van der Waals surface area contributed by atoms with Gasteiger partial charge in [0.2, 0.25) is 0 Å². The first-order valence-corrected chi connectivity index (χ1v) is 11.3. The molecule has 0 spiro atoms. The summed E-state index contributed by atoms with van der Waals surface area (Å²) in [6.45, 7) is 12.7. The fourth-order valence-electron chi connectivity index (χ4n) is 2.85. The minimum atomic E-state index is -0.00993. The van der Waals surface area contributed by atoms with Crippen molar-refractivity contribution in [2.24, 2.45) is 5.92 Å². The average Bonchev–Trinajstić information content (AvgIpc) is 3.46. The summed E-state index contributed by atoms with van der Waals surface area (Å²) in [6.07, 6.45) is 13.2. The molecule has 0 radical (unpaired) electrons. The third-order valence-electron chi connectivity index (χ3n) is 4.53. The zero-order valence-corrected chi connectivity index (χ0v) is 20.0. The summed E-state index contributed by atoms with van der Waals surface area (Å²) in [5.74, 6) is 1.21. The number of rotatable bonds is 7. The Kier molecular flexibility index (Phi) is 11.9. The molecule has 168 valence electrons. The Morgan fingerprint density at radius 2 is 1.90 bits per heavy atom. The van der Waals surface area contributed by atoms with E-state index < -0.39 is 0 Å². The minimum Gasteiger partial charge on any atom is -0.391 e. The average molecular weight is 415 g/mol. The minimum absolute atomic E-state index is 0.00993. The van der Waals surface area contributed by atoms with Crippen LogP contribution in [0, 0.1) is 12.8 Å². The van der Waals surface area contributed by atoms with E-state index in [4.69, 9.17) is 5.11 Å². The van der Waals surface area contributed by atoms with Crippen LogP contribution in [0.25, 0.3) is 5.65 Å². The number of allylic oxidation sites excluding steroid dienone is 3. The van der Waals surface area contributed by atoms with Gasteiger partial charge >= 0.3 is 0 Å². The lowest BCUT2D eigenvalue weighted by Crippen LogP contribution is -2.16. The van der Waals surface area contributed by atoms with E-state index in [1.807, 2.05) is 7.05 Å². The molecule has 2 aromatic rings. The van der Waals surface area contributed by atoms with Gasteiger partial charge in [0.05, 0.1) is 5.69 Å². The molecule has 5 nitrogen and oxygen atoms in total. The second-order valence-electron chi connectivity index (χ2n) is 8.03. The number of aryl methyl sites for hydroxylation is 1. The summed E-state index contributed by atoms with van der Waals surface area (Å²) in [5.41, 5.74) is 5.73. The Bertz CT molecular complexity index is 801. The lowest BCUT2D eigenvalue weighted by molar-refractivity contribution is 0.276. The maximum absolute atomic E-state index is 8.80. The standard InChI is InChI=1S/C11H20N2O.C11H14N2.C3H8/c1-3-4-10(13-8-14)7-11(12-2)9-5-6-9;1-8(2)10-7-13-6-9(3)4-5-11(13)12-10;1-3-2/h4,7,9,12-14H,3,5-6,8H2,1-2H3;4-8H,1-3H3;3H2,1-2H3/b10-4-,11-7-;;. The summed E-state index contributed by atoms with van der Waals surface area (Å²) in [5, 5.41) is 14.9. The van der Waals surface area contributed by atoms with Crippen molar-refractivity contribution in [3.05, 3.63) is 59.3 Å². The maximum atomic E-state index is 8.80. The second-order valence-corrected chi connectivity index (χ2v) is 8.03. The first-order valence-electron chi connectivity index (χ1n) is 11.3. The van der Waals surface area contributed by atoms with Crippen LogP contribution in [0.3, 0.4) is 0 Å². The number of hydrogen-bond donors (Lipinski definition) is 3. The van der Waals surface area contributed by atoms with Crippen LogP contribution in [0.15, 0.2) is 48.1 Å². The fraction of sp³-hybridized carbons (Fsp3) is 0.560. The molecule has 0 aromatic carbocycles. The quantitative estimate of drug-likeness (QED) is 0.413.